The molecule has 1 aromatic carbocycles. The molecule has 2 amide bonds. The third-order valence-corrected chi connectivity index (χ3v) is 5.47. The SMILES string of the molecule is COc1ccc(Cl)cc1C(=O)N1CCC(N2CCCC2C(N)=O)CC1. The highest BCUT2D eigenvalue weighted by Gasteiger charge is 2.36. The van der Waals surface area contributed by atoms with Crippen LogP contribution in [0.5, 0.6) is 5.75 Å². The Morgan fingerprint density at radius 2 is 1.92 bits per heavy atom. The number of hydrogen-bond acceptors (Lipinski definition) is 4. The van der Waals surface area contributed by atoms with Crippen LogP contribution in [0.4, 0.5) is 0 Å². The van der Waals surface area contributed by atoms with Crippen molar-refractivity contribution in [2.45, 2.75) is 37.8 Å². The molecule has 6 nitrogen and oxygen atoms in total. The second kappa shape index (κ2) is 7.62. The summed E-state index contributed by atoms with van der Waals surface area (Å²) in [6.45, 7) is 2.22. The van der Waals surface area contributed by atoms with Crippen LogP contribution in [0.2, 0.25) is 5.02 Å². The van der Waals surface area contributed by atoms with E-state index >= 15 is 0 Å². The maximum Gasteiger partial charge on any atom is 0.257 e. The maximum atomic E-state index is 12.8. The number of primary amides is 1. The molecule has 2 aliphatic heterocycles. The Hall–Kier alpha value is -1.79. The van der Waals surface area contributed by atoms with Gasteiger partial charge < -0.3 is 15.4 Å². The number of hydrogen-bond donors (Lipinski definition) is 1. The van der Waals surface area contributed by atoms with Gasteiger partial charge in [0.25, 0.3) is 5.91 Å². The van der Waals surface area contributed by atoms with Gasteiger partial charge in [0.1, 0.15) is 5.75 Å². The lowest BCUT2D eigenvalue weighted by molar-refractivity contribution is -0.123. The summed E-state index contributed by atoms with van der Waals surface area (Å²) in [6, 6.07) is 5.23. The first kappa shape index (κ1) is 18.0. The number of piperidine rings is 1. The highest BCUT2D eigenvalue weighted by Crippen LogP contribution is 2.28. The quantitative estimate of drug-likeness (QED) is 0.884. The van der Waals surface area contributed by atoms with E-state index in [1.165, 1.54) is 0 Å². The van der Waals surface area contributed by atoms with Gasteiger partial charge in [0, 0.05) is 24.2 Å². The summed E-state index contributed by atoms with van der Waals surface area (Å²) in [5, 5.41) is 0.514. The second-order valence-electron chi connectivity index (χ2n) is 6.67. The molecule has 25 heavy (non-hydrogen) atoms. The molecule has 2 aliphatic rings. The Morgan fingerprint density at radius 1 is 1.20 bits per heavy atom. The molecule has 0 spiro atoms. The molecule has 0 aromatic heterocycles. The Morgan fingerprint density at radius 3 is 2.56 bits per heavy atom. The van der Waals surface area contributed by atoms with Crippen LogP contribution in [0.3, 0.4) is 0 Å². The van der Waals surface area contributed by atoms with Crippen molar-refractivity contribution in [3.63, 3.8) is 0 Å². The summed E-state index contributed by atoms with van der Waals surface area (Å²) in [5.74, 6) is 0.232. The number of nitrogens with zero attached hydrogens (tertiary/aromatic N) is 2. The molecule has 3 rings (SSSR count). The van der Waals surface area contributed by atoms with Crippen LogP contribution in [0.25, 0.3) is 0 Å². The van der Waals surface area contributed by atoms with Crippen LogP contribution < -0.4 is 10.5 Å². The minimum absolute atomic E-state index is 0.0642. The van der Waals surface area contributed by atoms with E-state index in [-0.39, 0.29) is 17.9 Å². The lowest BCUT2D eigenvalue weighted by atomic mass is 10.0. The average molecular weight is 366 g/mol. The van der Waals surface area contributed by atoms with Crippen molar-refractivity contribution in [3.8, 4) is 5.75 Å². The van der Waals surface area contributed by atoms with Crippen molar-refractivity contribution in [1.29, 1.82) is 0 Å². The topological polar surface area (TPSA) is 75.9 Å². The molecule has 0 aliphatic carbocycles. The Kier molecular flexibility index (Phi) is 5.49. The fourth-order valence-corrected chi connectivity index (χ4v) is 4.12. The van der Waals surface area contributed by atoms with E-state index in [4.69, 9.17) is 22.1 Å². The first-order valence-electron chi connectivity index (χ1n) is 8.69. The molecular formula is C18H24ClN3O3. The predicted octanol–water partition coefficient (Wildman–Crippen LogP) is 1.90. The number of likely N-dealkylation sites (tertiary alicyclic amines) is 2. The summed E-state index contributed by atoms with van der Waals surface area (Å²) in [6.07, 6.45) is 3.54. The Balaban J connectivity index is 1.65. The molecule has 1 atom stereocenters. The van der Waals surface area contributed by atoms with E-state index in [9.17, 15) is 9.59 Å². The minimum atomic E-state index is -0.236. The summed E-state index contributed by atoms with van der Waals surface area (Å²) < 4.78 is 5.29. The summed E-state index contributed by atoms with van der Waals surface area (Å²) in [5.41, 5.74) is 6.01. The van der Waals surface area contributed by atoms with Gasteiger partial charge in [-0.2, -0.15) is 0 Å². The van der Waals surface area contributed by atoms with Crippen LogP contribution >= 0.6 is 11.6 Å². The van der Waals surface area contributed by atoms with Gasteiger partial charge in [-0.05, 0) is 50.4 Å². The average Bonchev–Trinajstić information content (AvgIpc) is 3.11. The summed E-state index contributed by atoms with van der Waals surface area (Å²) in [4.78, 5) is 28.5. The number of methoxy groups -OCH3 is 1. The smallest absolute Gasteiger partial charge is 0.257 e. The van der Waals surface area contributed by atoms with Gasteiger partial charge in [-0.25, -0.2) is 0 Å². The molecule has 1 unspecified atom stereocenters. The maximum absolute atomic E-state index is 12.8. The van der Waals surface area contributed by atoms with E-state index in [2.05, 4.69) is 4.90 Å². The zero-order valence-corrected chi connectivity index (χ0v) is 15.2. The zero-order chi connectivity index (χ0) is 18.0. The van der Waals surface area contributed by atoms with Crippen molar-refractivity contribution >= 4 is 23.4 Å². The van der Waals surface area contributed by atoms with Gasteiger partial charge in [0.05, 0.1) is 18.7 Å². The number of carbonyl (C=O) groups excluding carboxylic acids is 2. The predicted molar refractivity (Wildman–Crippen MR) is 95.9 cm³/mol. The minimum Gasteiger partial charge on any atom is -0.496 e. The van der Waals surface area contributed by atoms with Gasteiger partial charge in [0.2, 0.25) is 5.91 Å². The normalized spacial score (nSPS) is 22.2. The number of amides is 2. The number of carbonyl (C=O) groups is 2. The van der Waals surface area contributed by atoms with E-state index in [0.717, 1.165) is 32.2 Å². The number of ether oxygens (including phenoxy) is 1. The second-order valence-corrected chi connectivity index (χ2v) is 7.10. The summed E-state index contributed by atoms with van der Waals surface area (Å²) >= 11 is 6.04. The van der Waals surface area contributed by atoms with Crippen LogP contribution in [-0.2, 0) is 4.79 Å². The number of nitrogens with two attached hydrogens (primary N) is 1. The van der Waals surface area contributed by atoms with Crippen molar-refractivity contribution in [2.75, 3.05) is 26.7 Å². The number of benzene rings is 1. The number of rotatable bonds is 4. The van der Waals surface area contributed by atoms with E-state index in [0.29, 0.717) is 35.5 Å². The van der Waals surface area contributed by atoms with Crippen molar-refractivity contribution < 1.29 is 14.3 Å². The fourth-order valence-electron chi connectivity index (χ4n) is 3.95. The molecule has 0 radical (unpaired) electrons. The lowest BCUT2D eigenvalue weighted by Gasteiger charge is -2.38. The van der Waals surface area contributed by atoms with Crippen LogP contribution in [0.1, 0.15) is 36.0 Å². The van der Waals surface area contributed by atoms with E-state index < -0.39 is 0 Å². The molecule has 1 aromatic rings. The third kappa shape index (κ3) is 3.75. The fraction of sp³-hybridized carbons (Fsp3) is 0.556. The molecule has 2 fully saturated rings. The molecular weight excluding hydrogens is 342 g/mol. The van der Waals surface area contributed by atoms with Gasteiger partial charge in [-0.1, -0.05) is 11.6 Å². The zero-order valence-electron chi connectivity index (χ0n) is 14.4. The first-order chi connectivity index (χ1) is 12.0. The Bertz CT molecular complexity index is 659. The lowest BCUT2D eigenvalue weighted by Crippen LogP contribution is -2.51. The molecule has 2 N–H and O–H groups in total. The van der Waals surface area contributed by atoms with Crippen molar-refractivity contribution in [1.82, 2.24) is 9.80 Å². The van der Waals surface area contributed by atoms with Crippen LogP contribution in [0, 0.1) is 0 Å². The van der Waals surface area contributed by atoms with Gasteiger partial charge >= 0.3 is 0 Å². The summed E-state index contributed by atoms with van der Waals surface area (Å²) in [7, 11) is 1.55. The molecule has 2 heterocycles. The third-order valence-electron chi connectivity index (χ3n) is 5.24. The first-order valence-corrected chi connectivity index (χ1v) is 9.07. The Labute approximate surface area is 152 Å². The number of halogens is 1. The van der Waals surface area contributed by atoms with Crippen molar-refractivity contribution in [2.24, 2.45) is 5.73 Å². The molecule has 136 valence electrons. The van der Waals surface area contributed by atoms with E-state index in [1.807, 2.05) is 4.90 Å². The van der Waals surface area contributed by atoms with Gasteiger partial charge in [-0.3, -0.25) is 14.5 Å². The van der Waals surface area contributed by atoms with E-state index in [1.54, 1.807) is 25.3 Å². The van der Waals surface area contributed by atoms with Crippen LogP contribution in [-0.4, -0.2) is 60.4 Å². The molecule has 7 heteroatoms. The van der Waals surface area contributed by atoms with Gasteiger partial charge in [-0.15, -0.1) is 0 Å². The van der Waals surface area contributed by atoms with Crippen LogP contribution in [0.15, 0.2) is 18.2 Å². The highest BCUT2D eigenvalue weighted by molar-refractivity contribution is 6.31. The largest absolute Gasteiger partial charge is 0.496 e. The monoisotopic (exact) mass is 365 g/mol. The van der Waals surface area contributed by atoms with Crippen molar-refractivity contribution in [3.05, 3.63) is 28.8 Å². The van der Waals surface area contributed by atoms with Gasteiger partial charge in [0.15, 0.2) is 0 Å². The highest BCUT2D eigenvalue weighted by atomic mass is 35.5. The molecule has 2 saturated heterocycles. The standard InChI is InChI=1S/C18H24ClN3O3/c1-25-16-5-4-12(19)11-14(16)18(24)21-9-6-13(7-10-21)22-8-2-3-15(22)17(20)23/h4-5,11,13,15H,2-3,6-10H2,1H3,(H2,20,23). The molecule has 0 saturated carbocycles. The molecule has 0 bridgehead atoms.